The summed E-state index contributed by atoms with van der Waals surface area (Å²) in [6, 6.07) is 6.06. The van der Waals surface area contributed by atoms with Crippen LogP contribution in [0.5, 0.6) is 0 Å². The van der Waals surface area contributed by atoms with E-state index >= 15 is 0 Å². The molecule has 1 aromatic carbocycles. The average molecular weight is 403 g/mol. The maximum atomic E-state index is 13.4. The number of allylic oxidation sites excluding steroid dienone is 2. The Morgan fingerprint density at radius 2 is 1.93 bits per heavy atom. The zero-order valence-electron chi connectivity index (χ0n) is 18.0. The molecule has 2 aliphatic rings. The summed E-state index contributed by atoms with van der Waals surface area (Å²) in [4.78, 5) is 12.7. The first-order chi connectivity index (χ1) is 13.6. The molecule has 0 spiro atoms. The minimum atomic E-state index is -1.000. The summed E-state index contributed by atoms with van der Waals surface area (Å²) in [6.07, 6.45) is 5.09. The lowest BCUT2D eigenvalue weighted by Gasteiger charge is -2.41. The fourth-order valence-electron chi connectivity index (χ4n) is 3.93. The zero-order valence-corrected chi connectivity index (χ0v) is 18.0. The van der Waals surface area contributed by atoms with E-state index in [9.17, 15) is 9.18 Å². The molecule has 0 N–H and O–H groups in total. The number of ether oxygens (including phenoxy) is 3. The van der Waals surface area contributed by atoms with Gasteiger partial charge in [-0.25, -0.2) is 9.18 Å². The predicted molar refractivity (Wildman–Crippen MR) is 109 cm³/mol. The molecule has 0 amide bonds. The van der Waals surface area contributed by atoms with E-state index < -0.39 is 17.9 Å². The first-order valence-electron chi connectivity index (χ1n) is 10.3. The third-order valence-corrected chi connectivity index (χ3v) is 5.28. The van der Waals surface area contributed by atoms with Gasteiger partial charge in [-0.3, -0.25) is 0 Å². The van der Waals surface area contributed by atoms with Crippen molar-refractivity contribution in [2.75, 3.05) is 0 Å². The molecule has 0 saturated heterocycles. The highest BCUT2D eigenvalue weighted by Gasteiger charge is 2.44. The van der Waals surface area contributed by atoms with Crippen LogP contribution in [0.25, 0.3) is 0 Å². The van der Waals surface area contributed by atoms with Gasteiger partial charge in [0.25, 0.3) is 0 Å². The molecule has 2 aliphatic heterocycles. The summed E-state index contributed by atoms with van der Waals surface area (Å²) in [5.74, 6) is -0.656. The lowest BCUT2D eigenvalue weighted by atomic mass is 9.90. The number of cyclic esters (lactones) is 1. The van der Waals surface area contributed by atoms with Gasteiger partial charge in [-0.2, -0.15) is 0 Å². The van der Waals surface area contributed by atoms with Crippen molar-refractivity contribution in [3.05, 3.63) is 58.6 Å². The molecule has 158 valence electrons. The van der Waals surface area contributed by atoms with Crippen molar-refractivity contribution in [1.82, 2.24) is 0 Å². The first-order valence-corrected chi connectivity index (χ1v) is 10.3. The van der Waals surface area contributed by atoms with Gasteiger partial charge in [-0.1, -0.05) is 30.7 Å². The molecule has 3 atom stereocenters. The highest BCUT2D eigenvalue weighted by molar-refractivity contribution is 5.91. The number of carbonyl (C=O) groups is 1. The molecule has 0 bridgehead atoms. The summed E-state index contributed by atoms with van der Waals surface area (Å²) < 4.78 is 31.2. The Balaban J connectivity index is 1.83. The van der Waals surface area contributed by atoms with Gasteiger partial charge in [-0.05, 0) is 56.7 Å². The van der Waals surface area contributed by atoms with Gasteiger partial charge in [0.2, 0.25) is 5.79 Å². The number of rotatable bonds is 6. The molecular formula is C24H31FO4. The lowest BCUT2D eigenvalue weighted by Crippen LogP contribution is -2.42. The van der Waals surface area contributed by atoms with Crippen molar-refractivity contribution in [3.63, 3.8) is 0 Å². The Labute approximate surface area is 172 Å². The predicted octanol–water partition coefficient (Wildman–Crippen LogP) is 5.99. The van der Waals surface area contributed by atoms with Crippen molar-refractivity contribution in [3.8, 4) is 0 Å². The van der Waals surface area contributed by atoms with Crippen LogP contribution in [0.1, 0.15) is 72.0 Å². The molecule has 5 heteroatoms. The summed E-state index contributed by atoms with van der Waals surface area (Å²) in [5.41, 5.74) is 2.44. The minimum absolute atomic E-state index is 0.0767. The van der Waals surface area contributed by atoms with Gasteiger partial charge >= 0.3 is 5.97 Å². The van der Waals surface area contributed by atoms with Gasteiger partial charge in [-0.15, -0.1) is 0 Å². The van der Waals surface area contributed by atoms with Gasteiger partial charge in [0.1, 0.15) is 23.3 Å². The van der Waals surface area contributed by atoms with E-state index in [1.807, 2.05) is 0 Å². The van der Waals surface area contributed by atoms with Crippen LogP contribution >= 0.6 is 0 Å². The topological polar surface area (TPSA) is 44.8 Å². The van der Waals surface area contributed by atoms with Gasteiger partial charge in [0.05, 0.1) is 6.10 Å². The SMILES string of the molecule is CC(C)=CCC[C@H](C)C[C@@H]1CC2=C(C(=O)OC(C)(C)O2)[C@@H](c2ccc(F)cc2)O1. The van der Waals surface area contributed by atoms with Crippen LogP contribution in [0.15, 0.2) is 47.2 Å². The van der Waals surface area contributed by atoms with E-state index in [4.69, 9.17) is 14.2 Å². The van der Waals surface area contributed by atoms with Crippen LogP contribution in [-0.4, -0.2) is 17.9 Å². The molecule has 0 saturated carbocycles. The van der Waals surface area contributed by atoms with E-state index in [1.165, 1.54) is 17.7 Å². The minimum Gasteiger partial charge on any atom is -0.456 e. The molecule has 1 aromatic rings. The highest BCUT2D eigenvalue weighted by atomic mass is 19.1. The van der Waals surface area contributed by atoms with Crippen molar-refractivity contribution in [2.45, 2.75) is 78.3 Å². The van der Waals surface area contributed by atoms with Crippen LogP contribution in [0, 0.1) is 11.7 Å². The number of benzene rings is 1. The highest BCUT2D eigenvalue weighted by Crippen LogP contribution is 2.43. The first kappa shape index (κ1) is 21.6. The largest absolute Gasteiger partial charge is 0.456 e. The summed E-state index contributed by atoms with van der Waals surface area (Å²) in [6.45, 7) is 9.90. The molecule has 29 heavy (non-hydrogen) atoms. The lowest BCUT2D eigenvalue weighted by molar-refractivity contribution is -0.217. The van der Waals surface area contributed by atoms with Gasteiger partial charge in [0.15, 0.2) is 0 Å². The normalized spacial score (nSPS) is 24.3. The zero-order chi connectivity index (χ0) is 21.2. The molecular weight excluding hydrogens is 371 g/mol. The maximum absolute atomic E-state index is 13.4. The van der Waals surface area contributed by atoms with E-state index in [-0.39, 0.29) is 11.9 Å². The molecule has 0 aromatic heterocycles. The van der Waals surface area contributed by atoms with Crippen molar-refractivity contribution in [2.24, 2.45) is 5.92 Å². The second-order valence-corrected chi connectivity index (χ2v) is 8.82. The molecule has 2 heterocycles. The molecule has 4 nitrogen and oxygen atoms in total. The van der Waals surface area contributed by atoms with Gasteiger partial charge in [0, 0.05) is 20.3 Å². The van der Waals surface area contributed by atoms with E-state index in [0.29, 0.717) is 23.7 Å². The van der Waals surface area contributed by atoms with Crippen LogP contribution in [0.3, 0.4) is 0 Å². The Hall–Kier alpha value is -2.14. The number of hydrogen-bond acceptors (Lipinski definition) is 4. The van der Waals surface area contributed by atoms with Crippen molar-refractivity contribution in [1.29, 1.82) is 0 Å². The number of halogens is 1. The standard InChI is InChI=1S/C24H31FO4/c1-15(2)7-6-8-16(3)13-19-14-20-21(23(26)29-24(4,5)28-20)22(27-19)17-9-11-18(25)12-10-17/h7,9-12,16,19,22H,6,8,13-14H2,1-5H3/t16-,19+,22+/m0/s1. The Bertz CT molecular complexity index is 803. The van der Waals surface area contributed by atoms with Gasteiger partial charge < -0.3 is 14.2 Å². The van der Waals surface area contributed by atoms with Crippen LogP contribution in [-0.2, 0) is 19.0 Å². The van der Waals surface area contributed by atoms with E-state index in [2.05, 4.69) is 26.8 Å². The smallest absolute Gasteiger partial charge is 0.343 e. The third-order valence-electron chi connectivity index (χ3n) is 5.28. The van der Waals surface area contributed by atoms with Crippen molar-refractivity contribution < 1.29 is 23.4 Å². The van der Waals surface area contributed by atoms with E-state index in [0.717, 1.165) is 24.8 Å². The van der Waals surface area contributed by atoms with Crippen LogP contribution in [0.4, 0.5) is 4.39 Å². The molecule has 3 rings (SSSR count). The fraction of sp³-hybridized carbons (Fsp3) is 0.542. The quantitative estimate of drug-likeness (QED) is 0.433. The molecule has 0 radical (unpaired) electrons. The molecule has 0 fully saturated rings. The third kappa shape index (κ3) is 5.47. The monoisotopic (exact) mass is 402 g/mol. The summed E-state index contributed by atoms with van der Waals surface area (Å²) in [5, 5.41) is 0. The van der Waals surface area contributed by atoms with E-state index in [1.54, 1.807) is 26.0 Å². The molecule has 0 unspecified atom stereocenters. The van der Waals surface area contributed by atoms with Crippen LogP contribution < -0.4 is 0 Å². The fourth-order valence-corrected chi connectivity index (χ4v) is 3.93. The maximum Gasteiger partial charge on any atom is 0.343 e. The Morgan fingerprint density at radius 1 is 1.24 bits per heavy atom. The summed E-state index contributed by atoms with van der Waals surface area (Å²) >= 11 is 0. The van der Waals surface area contributed by atoms with Crippen LogP contribution in [0.2, 0.25) is 0 Å². The Kier molecular flexibility index (Phi) is 6.47. The number of hydrogen-bond donors (Lipinski definition) is 0. The molecule has 0 aliphatic carbocycles. The summed E-state index contributed by atoms with van der Waals surface area (Å²) in [7, 11) is 0. The Morgan fingerprint density at radius 3 is 2.59 bits per heavy atom. The average Bonchev–Trinajstić information content (AvgIpc) is 2.60. The number of carbonyl (C=O) groups excluding carboxylic acids is 1. The van der Waals surface area contributed by atoms with Crippen molar-refractivity contribution >= 4 is 5.97 Å². The second kappa shape index (κ2) is 8.70. The second-order valence-electron chi connectivity index (χ2n) is 8.82. The number of esters is 1.